The van der Waals surface area contributed by atoms with Gasteiger partial charge in [-0.1, -0.05) is 20.8 Å². The molecule has 6 nitrogen and oxygen atoms in total. The van der Waals surface area contributed by atoms with Crippen molar-refractivity contribution >= 4 is 5.91 Å². The number of aryl methyl sites for hydroxylation is 1. The number of carbonyl (C=O) groups excluding carboxylic acids is 1. The maximum Gasteiger partial charge on any atom is 0.408 e. The number of alkyl halides is 3. The molecule has 0 aliphatic carbocycles. The molecule has 0 saturated carbocycles. The first-order chi connectivity index (χ1) is 12.4. The number of halogens is 3. The summed E-state index contributed by atoms with van der Waals surface area (Å²) < 4.78 is 40.5. The molecule has 0 fully saturated rings. The summed E-state index contributed by atoms with van der Waals surface area (Å²) in [5.41, 5.74) is 0.323. The summed E-state index contributed by atoms with van der Waals surface area (Å²) in [4.78, 5) is 25.1. The van der Waals surface area contributed by atoms with Crippen molar-refractivity contribution < 1.29 is 28.2 Å². The van der Waals surface area contributed by atoms with E-state index in [0.717, 1.165) is 5.69 Å². The smallest absolute Gasteiger partial charge is 0.368 e. The van der Waals surface area contributed by atoms with Crippen molar-refractivity contribution in [3.05, 3.63) is 33.2 Å². The molecule has 0 aliphatic rings. The Bertz CT molecular complexity index is 712. The molecule has 27 heavy (non-hydrogen) atoms. The highest BCUT2D eigenvalue weighted by atomic mass is 19.4. The molecule has 1 amide bonds. The molecule has 0 aromatic carbocycles. The molecule has 154 valence electrons. The second-order valence-electron chi connectivity index (χ2n) is 6.96. The van der Waals surface area contributed by atoms with Crippen LogP contribution in [-0.4, -0.2) is 39.2 Å². The molecule has 1 atom stereocenters. The standard InChI is InChI=1S/C18H27F3N2O4/c1-5-13-11(4)8-12(17(27)23(13)7-6-10(2)3)16(26)22-14(9-15(24)25)18(19,20)21/h8,10,14-15,24-25H,5-7,9H2,1-4H3,(H,22,26). The van der Waals surface area contributed by atoms with E-state index < -0.39 is 42.0 Å². The number of rotatable bonds is 8. The minimum atomic E-state index is -4.88. The zero-order chi connectivity index (χ0) is 20.9. The summed E-state index contributed by atoms with van der Waals surface area (Å²) in [5, 5.41) is 19.4. The van der Waals surface area contributed by atoms with Gasteiger partial charge in [0.25, 0.3) is 11.5 Å². The van der Waals surface area contributed by atoms with Gasteiger partial charge in [-0.05, 0) is 37.3 Å². The molecule has 1 unspecified atom stereocenters. The van der Waals surface area contributed by atoms with Gasteiger partial charge in [-0.3, -0.25) is 9.59 Å². The number of nitrogens with zero attached hydrogens (tertiary/aromatic N) is 1. The Hall–Kier alpha value is -1.87. The van der Waals surface area contributed by atoms with Crippen LogP contribution in [0.4, 0.5) is 13.2 Å². The Morgan fingerprint density at radius 1 is 1.30 bits per heavy atom. The normalized spacial score (nSPS) is 13.3. The summed E-state index contributed by atoms with van der Waals surface area (Å²) in [7, 11) is 0. The summed E-state index contributed by atoms with van der Waals surface area (Å²) in [6.45, 7) is 7.87. The fourth-order valence-electron chi connectivity index (χ4n) is 2.82. The Labute approximate surface area is 156 Å². The van der Waals surface area contributed by atoms with E-state index in [0.29, 0.717) is 30.9 Å². The van der Waals surface area contributed by atoms with Gasteiger partial charge in [-0.25, -0.2) is 0 Å². The van der Waals surface area contributed by atoms with Crippen molar-refractivity contribution in [3.63, 3.8) is 0 Å². The predicted octanol–water partition coefficient (Wildman–Crippen LogP) is 2.13. The fraction of sp³-hybridized carbons (Fsp3) is 0.667. The molecule has 0 radical (unpaired) electrons. The van der Waals surface area contributed by atoms with Crippen LogP contribution in [0.3, 0.4) is 0 Å². The average molecular weight is 392 g/mol. The van der Waals surface area contributed by atoms with Crippen molar-refractivity contribution in [2.24, 2.45) is 5.92 Å². The topological polar surface area (TPSA) is 91.6 Å². The molecule has 0 spiro atoms. The van der Waals surface area contributed by atoms with E-state index in [9.17, 15) is 22.8 Å². The first kappa shape index (κ1) is 23.2. The third-order valence-electron chi connectivity index (χ3n) is 4.27. The lowest BCUT2D eigenvalue weighted by atomic mass is 10.1. The summed E-state index contributed by atoms with van der Waals surface area (Å²) in [5.74, 6) is -0.882. The van der Waals surface area contributed by atoms with Crippen LogP contribution >= 0.6 is 0 Å². The number of amides is 1. The van der Waals surface area contributed by atoms with Crippen LogP contribution in [0.2, 0.25) is 0 Å². The van der Waals surface area contributed by atoms with E-state index in [1.54, 1.807) is 12.2 Å². The first-order valence-corrected chi connectivity index (χ1v) is 8.85. The Kier molecular flexibility index (Phi) is 8.04. The van der Waals surface area contributed by atoms with Crippen molar-refractivity contribution in [2.75, 3.05) is 0 Å². The lowest BCUT2D eigenvalue weighted by Crippen LogP contribution is -2.48. The number of pyridine rings is 1. The third-order valence-corrected chi connectivity index (χ3v) is 4.27. The van der Waals surface area contributed by atoms with Crippen molar-refractivity contribution in [1.29, 1.82) is 0 Å². The second-order valence-corrected chi connectivity index (χ2v) is 6.96. The highest BCUT2D eigenvalue weighted by Crippen LogP contribution is 2.23. The molecule has 1 aromatic heterocycles. The zero-order valence-corrected chi connectivity index (χ0v) is 15.9. The molecule has 0 saturated heterocycles. The van der Waals surface area contributed by atoms with E-state index in [2.05, 4.69) is 0 Å². The fourth-order valence-corrected chi connectivity index (χ4v) is 2.82. The minimum absolute atomic E-state index is 0.306. The van der Waals surface area contributed by atoms with Crippen LogP contribution in [0.15, 0.2) is 10.9 Å². The van der Waals surface area contributed by atoms with E-state index in [-0.39, 0.29) is 0 Å². The van der Waals surface area contributed by atoms with Crippen molar-refractivity contribution in [2.45, 2.75) is 72.0 Å². The zero-order valence-electron chi connectivity index (χ0n) is 15.9. The van der Waals surface area contributed by atoms with Gasteiger partial charge in [0.15, 0.2) is 6.29 Å². The van der Waals surface area contributed by atoms with Gasteiger partial charge in [-0.2, -0.15) is 13.2 Å². The van der Waals surface area contributed by atoms with Gasteiger partial charge in [0.05, 0.1) is 0 Å². The number of aliphatic hydroxyl groups is 2. The maximum absolute atomic E-state index is 13.0. The molecule has 0 bridgehead atoms. The summed E-state index contributed by atoms with van der Waals surface area (Å²) in [6, 6.07) is -1.19. The molecule has 9 heteroatoms. The number of aromatic nitrogens is 1. The molecule has 1 heterocycles. The largest absolute Gasteiger partial charge is 0.408 e. The van der Waals surface area contributed by atoms with Gasteiger partial charge in [0.2, 0.25) is 0 Å². The van der Waals surface area contributed by atoms with Crippen LogP contribution in [0.1, 0.15) is 55.2 Å². The Balaban J connectivity index is 3.28. The highest BCUT2D eigenvalue weighted by molar-refractivity contribution is 5.94. The van der Waals surface area contributed by atoms with Crippen molar-refractivity contribution in [3.8, 4) is 0 Å². The Morgan fingerprint density at radius 3 is 2.33 bits per heavy atom. The molecule has 3 N–H and O–H groups in total. The number of aliphatic hydroxyl groups excluding tert-OH is 1. The lowest BCUT2D eigenvalue weighted by molar-refractivity contribution is -0.172. The van der Waals surface area contributed by atoms with Crippen LogP contribution < -0.4 is 10.9 Å². The first-order valence-electron chi connectivity index (χ1n) is 8.85. The van der Waals surface area contributed by atoms with Gasteiger partial charge in [0, 0.05) is 18.7 Å². The maximum atomic E-state index is 13.0. The minimum Gasteiger partial charge on any atom is -0.368 e. The number of nitrogens with one attached hydrogen (secondary N) is 1. The average Bonchev–Trinajstić information content (AvgIpc) is 2.52. The number of carbonyl (C=O) groups is 1. The lowest BCUT2D eigenvalue weighted by Gasteiger charge is -2.23. The van der Waals surface area contributed by atoms with E-state index in [1.165, 1.54) is 10.6 Å². The SMILES string of the molecule is CCc1c(C)cc(C(=O)NC(CC(O)O)C(F)(F)F)c(=O)n1CCC(C)C. The van der Waals surface area contributed by atoms with Crippen LogP contribution in [0, 0.1) is 12.8 Å². The van der Waals surface area contributed by atoms with E-state index >= 15 is 0 Å². The van der Waals surface area contributed by atoms with Gasteiger partial charge >= 0.3 is 6.18 Å². The van der Waals surface area contributed by atoms with Crippen LogP contribution in [-0.2, 0) is 13.0 Å². The number of hydrogen-bond donors (Lipinski definition) is 3. The van der Waals surface area contributed by atoms with Crippen LogP contribution in [0.25, 0.3) is 0 Å². The molecular weight excluding hydrogens is 365 g/mol. The van der Waals surface area contributed by atoms with E-state index in [4.69, 9.17) is 10.2 Å². The molecular formula is C18H27F3N2O4. The Morgan fingerprint density at radius 2 is 1.89 bits per heavy atom. The molecule has 0 aliphatic heterocycles. The quantitative estimate of drug-likeness (QED) is 0.591. The summed E-state index contributed by atoms with van der Waals surface area (Å²) >= 11 is 0. The monoisotopic (exact) mass is 392 g/mol. The number of hydrogen-bond acceptors (Lipinski definition) is 4. The van der Waals surface area contributed by atoms with Crippen LogP contribution in [0.5, 0.6) is 0 Å². The predicted molar refractivity (Wildman–Crippen MR) is 94.4 cm³/mol. The van der Waals surface area contributed by atoms with Gasteiger partial charge in [0.1, 0.15) is 11.6 Å². The summed E-state index contributed by atoms with van der Waals surface area (Å²) in [6.07, 6.45) is -7.02. The van der Waals surface area contributed by atoms with Gasteiger partial charge < -0.3 is 20.1 Å². The third kappa shape index (κ3) is 6.35. The second kappa shape index (κ2) is 9.36. The molecule has 1 aromatic rings. The van der Waals surface area contributed by atoms with E-state index in [1.807, 2.05) is 20.8 Å². The van der Waals surface area contributed by atoms with Gasteiger partial charge in [-0.15, -0.1) is 0 Å². The highest BCUT2D eigenvalue weighted by Gasteiger charge is 2.42. The van der Waals surface area contributed by atoms with Crippen molar-refractivity contribution in [1.82, 2.24) is 9.88 Å². The molecule has 1 rings (SSSR count).